The van der Waals surface area contributed by atoms with Crippen molar-refractivity contribution in [3.63, 3.8) is 0 Å². The van der Waals surface area contributed by atoms with Gasteiger partial charge in [0.1, 0.15) is 6.54 Å². The SMILES string of the molecule is COc1ccc(N(CC(=O)N[C@H](C)c2ccc3c(c2)CCCC3)S(=O)(=O)c2ccccc2)cc1OC. The second-order valence-corrected chi connectivity index (χ2v) is 10.8. The predicted octanol–water partition coefficient (Wildman–Crippen LogP) is 4.66. The van der Waals surface area contributed by atoms with Crippen molar-refractivity contribution in [2.24, 2.45) is 0 Å². The summed E-state index contributed by atoms with van der Waals surface area (Å²) in [4.78, 5) is 13.3. The predicted molar refractivity (Wildman–Crippen MR) is 140 cm³/mol. The van der Waals surface area contributed by atoms with Gasteiger partial charge in [0, 0.05) is 6.07 Å². The largest absolute Gasteiger partial charge is 0.493 e. The monoisotopic (exact) mass is 508 g/mol. The molecule has 1 aliphatic rings. The number of benzene rings is 3. The molecule has 8 heteroatoms. The van der Waals surface area contributed by atoms with Crippen molar-refractivity contribution in [3.8, 4) is 11.5 Å². The lowest BCUT2D eigenvalue weighted by atomic mass is 9.89. The summed E-state index contributed by atoms with van der Waals surface area (Å²) < 4.78 is 39.0. The van der Waals surface area contributed by atoms with Crippen LogP contribution in [0.5, 0.6) is 11.5 Å². The fraction of sp³-hybridized carbons (Fsp3) is 0.321. The van der Waals surface area contributed by atoms with E-state index < -0.39 is 15.9 Å². The van der Waals surface area contributed by atoms with Gasteiger partial charge in [0.15, 0.2) is 11.5 Å². The first kappa shape index (κ1) is 25.6. The average Bonchev–Trinajstić information content (AvgIpc) is 2.91. The highest BCUT2D eigenvalue weighted by Gasteiger charge is 2.28. The molecule has 0 aromatic heterocycles. The summed E-state index contributed by atoms with van der Waals surface area (Å²) in [7, 11) is -1.05. The van der Waals surface area contributed by atoms with Crippen LogP contribution >= 0.6 is 0 Å². The summed E-state index contributed by atoms with van der Waals surface area (Å²) in [6.45, 7) is 1.52. The molecule has 1 aliphatic carbocycles. The number of sulfonamides is 1. The third-order valence-corrected chi connectivity index (χ3v) is 8.31. The van der Waals surface area contributed by atoms with Crippen molar-refractivity contribution in [2.45, 2.75) is 43.5 Å². The minimum absolute atomic E-state index is 0.0929. The fourth-order valence-corrected chi connectivity index (χ4v) is 5.97. The maximum Gasteiger partial charge on any atom is 0.264 e. The lowest BCUT2D eigenvalue weighted by Gasteiger charge is -2.26. The van der Waals surface area contributed by atoms with Gasteiger partial charge >= 0.3 is 0 Å². The molecule has 0 radical (unpaired) electrons. The van der Waals surface area contributed by atoms with Gasteiger partial charge < -0.3 is 14.8 Å². The van der Waals surface area contributed by atoms with Crippen LogP contribution in [-0.4, -0.2) is 35.1 Å². The number of ether oxygens (including phenoxy) is 2. The van der Waals surface area contributed by atoms with Gasteiger partial charge in [-0.1, -0.05) is 36.4 Å². The van der Waals surface area contributed by atoms with Crippen LogP contribution in [0.3, 0.4) is 0 Å². The molecule has 0 bridgehead atoms. The minimum atomic E-state index is -4.03. The van der Waals surface area contributed by atoms with Gasteiger partial charge in [-0.3, -0.25) is 9.10 Å². The van der Waals surface area contributed by atoms with Gasteiger partial charge in [0.2, 0.25) is 5.91 Å². The summed E-state index contributed by atoms with van der Waals surface area (Å²) in [5, 5.41) is 2.98. The van der Waals surface area contributed by atoms with Crippen molar-refractivity contribution < 1.29 is 22.7 Å². The number of methoxy groups -OCH3 is 2. The van der Waals surface area contributed by atoms with Crippen molar-refractivity contribution in [2.75, 3.05) is 25.1 Å². The van der Waals surface area contributed by atoms with Crippen LogP contribution in [0.1, 0.15) is 42.5 Å². The lowest BCUT2D eigenvalue weighted by molar-refractivity contribution is -0.120. The number of nitrogens with one attached hydrogen (secondary N) is 1. The smallest absolute Gasteiger partial charge is 0.264 e. The zero-order valence-electron chi connectivity index (χ0n) is 20.9. The molecule has 0 saturated carbocycles. The zero-order chi connectivity index (χ0) is 25.7. The van der Waals surface area contributed by atoms with Crippen molar-refractivity contribution in [1.29, 1.82) is 0 Å². The molecule has 0 unspecified atom stereocenters. The van der Waals surface area contributed by atoms with E-state index >= 15 is 0 Å². The molecular formula is C28H32N2O5S. The molecule has 190 valence electrons. The Bertz CT molecular complexity index is 1330. The van der Waals surface area contributed by atoms with E-state index in [0.29, 0.717) is 17.2 Å². The number of hydrogen-bond acceptors (Lipinski definition) is 5. The van der Waals surface area contributed by atoms with Gasteiger partial charge in [-0.15, -0.1) is 0 Å². The standard InChI is InChI=1S/C28H32N2O5S/c1-20(22-14-13-21-9-7-8-10-23(21)17-22)29-28(31)19-30(36(32,33)25-11-5-4-6-12-25)24-15-16-26(34-2)27(18-24)35-3/h4-6,11-18,20H,7-10,19H2,1-3H3,(H,29,31)/t20-/m1/s1. The van der Waals surface area contributed by atoms with Gasteiger partial charge in [-0.2, -0.15) is 0 Å². The summed E-state index contributed by atoms with van der Waals surface area (Å²) in [6.07, 6.45) is 4.52. The topological polar surface area (TPSA) is 84.9 Å². The maximum absolute atomic E-state index is 13.6. The van der Waals surface area contributed by atoms with E-state index in [9.17, 15) is 13.2 Å². The Kier molecular flexibility index (Phi) is 7.84. The first-order valence-electron chi connectivity index (χ1n) is 12.0. The zero-order valence-corrected chi connectivity index (χ0v) is 21.7. The molecule has 0 heterocycles. The number of anilines is 1. The molecule has 0 aliphatic heterocycles. The molecule has 3 aromatic rings. The molecule has 0 saturated heterocycles. The van der Waals surface area contributed by atoms with E-state index in [-0.39, 0.29) is 17.5 Å². The highest BCUT2D eigenvalue weighted by molar-refractivity contribution is 7.92. The van der Waals surface area contributed by atoms with Crippen molar-refractivity contribution >= 4 is 21.6 Å². The molecule has 1 amide bonds. The van der Waals surface area contributed by atoms with Crippen LogP contribution < -0.4 is 19.1 Å². The third kappa shape index (κ3) is 5.49. The van der Waals surface area contributed by atoms with E-state index in [4.69, 9.17) is 9.47 Å². The van der Waals surface area contributed by atoms with Gasteiger partial charge in [0.05, 0.1) is 30.8 Å². The van der Waals surface area contributed by atoms with Gasteiger partial charge in [-0.25, -0.2) is 8.42 Å². The normalized spacial score (nSPS) is 13.9. The highest BCUT2D eigenvalue weighted by Crippen LogP contribution is 2.34. The van der Waals surface area contributed by atoms with E-state index in [2.05, 4.69) is 17.4 Å². The van der Waals surface area contributed by atoms with Crippen LogP contribution in [0.2, 0.25) is 0 Å². The third-order valence-electron chi connectivity index (χ3n) is 6.52. The maximum atomic E-state index is 13.6. The molecule has 7 nitrogen and oxygen atoms in total. The quantitative estimate of drug-likeness (QED) is 0.455. The minimum Gasteiger partial charge on any atom is -0.493 e. The molecule has 1 atom stereocenters. The fourth-order valence-electron chi connectivity index (χ4n) is 4.54. The molecular weight excluding hydrogens is 476 g/mol. The molecule has 3 aromatic carbocycles. The number of fused-ring (bicyclic) bond motifs is 1. The molecule has 36 heavy (non-hydrogen) atoms. The molecule has 0 spiro atoms. The van der Waals surface area contributed by atoms with Crippen molar-refractivity contribution in [3.05, 3.63) is 83.4 Å². The summed E-state index contributed by atoms with van der Waals surface area (Å²) >= 11 is 0. The Morgan fingerprint density at radius 2 is 1.61 bits per heavy atom. The number of nitrogens with zero attached hydrogens (tertiary/aromatic N) is 1. The van der Waals surface area contributed by atoms with Crippen LogP contribution in [0.15, 0.2) is 71.6 Å². The van der Waals surface area contributed by atoms with Crippen LogP contribution in [0.4, 0.5) is 5.69 Å². The van der Waals surface area contributed by atoms with Gasteiger partial charge in [-0.05, 0) is 73.6 Å². The van der Waals surface area contributed by atoms with E-state index in [0.717, 1.165) is 22.7 Å². The van der Waals surface area contributed by atoms with Crippen molar-refractivity contribution in [1.82, 2.24) is 5.32 Å². The summed E-state index contributed by atoms with van der Waals surface area (Å²) in [6, 6.07) is 18.9. The molecule has 1 N–H and O–H groups in total. The lowest BCUT2D eigenvalue weighted by Crippen LogP contribution is -2.41. The number of amides is 1. The second kappa shape index (κ2) is 11.0. The number of carbonyl (C=O) groups excluding carboxylic acids is 1. The van der Waals surface area contributed by atoms with E-state index in [1.165, 1.54) is 50.3 Å². The number of carbonyl (C=O) groups is 1. The number of rotatable bonds is 9. The number of aryl methyl sites for hydroxylation is 2. The average molecular weight is 509 g/mol. The van der Waals surface area contributed by atoms with Gasteiger partial charge in [0.25, 0.3) is 10.0 Å². The Morgan fingerprint density at radius 3 is 2.31 bits per heavy atom. The van der Waals surface area contributed by atoms with E-state index in [1.807, 2.05) is 13.0 Å². The number of hydrogen-bond donors (Lipinski definition) is 1. The Labute approximate surface area is 213 Å². The van der Waals surface area contributed by atoms with Crippen LogP contribution in [0.25, 0.3) is 0 Å². The first-order chi connectivity index (χ1) is 17.3. The second-order valence-electron chi connectivity index (χ2n) is 8.89. The molecule has 4 rings (SSSR count). The van der Waals surface area contributed by atoms with Crippen LogP contribution in [-0.2, 0) is 27.7 Å². The Hall–Kier alpha value is -3.52. The molecule has 0 fully saturated rings. The van der Waals surface area contributed by atoms with E-state index in [1.54, 1.807) is 36.4 Å². The summed E-state index contributed by atoms with van der Waals surface area (Å²) in [5.41, 5.74) is 4.01. The first-order valence-corrected chi connectivity index (χ1v) is 13.5. The Morgan fingerprint density at radius 1 is 0.917 bits per heavy atom. The summed E-state index contributed by atoms with van der Waals surface area (Å²) in [5.74, 6) is 0.421. The Balaban J connectivity index is 1.61. The highest BCUT2D eigenvalue weighted by atomic mass is 32.2. The van der Waals surface area contributed by atoms with Crippen LogP contribution in [0, 0.1) is 0 Å².